The number of hydrogen-bond acceptors (Lipinski definition) is 2. The van der Waals surface area contributed by atoms with E-state index in [2.05, 4.69) is 37.6 Å². The molecule has 1 saturated heterocycles. The Labute approximate surface area is 248 Å². The van der Waals surface area contributed by atoms with Gasteiger partial charge in [-0.1, -0.05) is 188 Å². The van der Waals surface area contributed by atoms with Crippen molar-refractivity contribution < 1.29 is 0 Å². The Kier molecular flexibility index (Phi) is 26.6. The summed E-state index contributed by atoms with van der Waals surface area (Å²) in [6.07, 6.45) is 42.8. The van der Waals surface area contributed by atoms with Crippen LogP contribution in [0.3, 0.4) is 0 Å². The second-order valence-corrected chi connectivity index (χ2v) is 13.3. The standard InChI is InChI=1S/C37H76N2/c1-5-8-10-12-14-16-18-20-22-24-26-28-30-32-36(7-3)39-35-34-38(4)37(39)33-31-29-27-25-23-21-19-17-15-13-11-9-6-2/h36-37H,5-35H2,1-4H3. The minimum atomic E-state index is 0.713. The molecule has 0 aliphatic carbocycles. The van der Waals surface area contributed by atoms with Gasteiger partial charge in [-0.05, 0) is 26.3 Å². The molecule has 0 bridgehead atoms. The van der Waals surface area contributed by atoms with Crippen molar-refractivity contribution >= 4 is 0 Å². The largest absolute Gasteiger partial charge is 0.290 e. The highest BCUT2D eigenvalue weighted by Crippen LogP contribution is 2.26. The molecular weight excluding hydrogens is 472 g/mol. The monoisotopic (exact) mass is 549 g/mol. The van der Waals surface area contributed by atoms with E-state index in [-0.39, 0.29) is 0 Å². The zero-order valence-electron chi connectivity index (χ0n) is 28.0. The second-order valence-electron chi connectivity index (χ2n) is 13.3. The molecule has 0 aromatic heterocycles. The lowest BCUT2D eigenvalue weighted by Crippen LogP contribution is -2.43. The van der Waals surface area contributed by atoms with Crippen LogP contribution in [-0.2, 0) is 0 Å². The van der Waals surface area contributed by atoms with Crippen LogP contribution in [0.2, 0.25) is 0 Å². The van der Waals surface area contributed by atoms with Gasteiger partial charge in [-0.3, -0.25) is 9.80 Å². The van der Waals surface area contributed by atoms with Gasteiger partial charge >= 0.3 is 0 Å². The fourth-order valence-corrected chi connectivity index (χ4v) is 6.98. The molecule has 0 amide bonds. The molecule has 2 heteroatoms. The highest BCUT2D eigenvalue weighted by atomic mass is 15.4. The molecule has 0 N–H and O–H groups in total. The van der Waals surface area contributed by atoms with Crippen LogP contribution in [-0.4, -0.2) is 42.1 Å². The van der Waals surface area contributed by atoms with E-state index in [4.69, 9.17) is 0 Å². The van der Waals surface area contributed by atoms with Crippen LogP contribution in [0.4, 0.5) is 0 Å². The van der Waals surface area contributed by atoms with Crippen molar-refractivity contribution in [3.05, 3.63) is 0 Å². The number of likely N-dealkylation sites (N-methyl/N-ethyl adjacent to an activating group) is 1. The summed E-state index contributed by atoms with van der Waals surface area (Å²) in [5.41, 5.74) is 0. The highest BCUT2D eigenvalue weighted by molar-refractivity contribution is 4.84. The number of hydrogen-bond donors (Lipinski definition) is 0. The zero-order valence-corrected chi connectivity index (χ0v) is 28.0. The molecule has 1 rings (SSSR count). The van der Waals surface area contributed by atoms with Gasteiger partial charge in [0.05, 0.1) is 6.17 Å². The molecule has 0 radical (unpaired) electrons. The Morgan fingerprint density at radius 1 is 0.462 bits per heavy atom. The van der Waals surface area contributed by atoms with Gasteiger partial charge in [-0.15, -0.1) is 0 Å². The first-order valence-corrected chi connectivity index (χ1v) is 18.7. The summed E-state index contributed by atoms with van der Waals surface area (Å²) in [5, 5.41) is 0. The van der Waals surface area contributed by atoms with E-state index < -0.39 is 0 Å². The van der Waals surface area contributed by atoms with Crippen molar-refractivity contribution in [1.82, 2.24) is 9.80 Å². The predicted molar refractivity (Wildman–Crippen MR) is 178 cm³/mol. The van der Waals surface area contributed by atoms with Crippen LogP contribution >= 0.6 is 0 Å². The van der Waals surface area contributed by atoms with Gasteiger partial charge in [-0.25, -0.2) is 0 Å². The van der Waals surface area contributed by atoms with Gasteiger partial charge in [-0.2, -0.15) is 0 Å². The molecule has 1 heterocycles. The number of rotatable bonds is 30. The maximum atomic E-state index is 2.90. The summed E-state index contributed by atoms with van der Waals surface area (Å²) in [4.78, 5) is 5.56. The van der Waals surface area contributed by atoms with E-state index in [0.29, 0.717) is 6.17 Å². The minimum Gasteiger partial charge on any atom is -0.290 e. The van der Waals surface area contributed by atoms with E-state index in [9.17, 15) is 0 Å². The molecule has 1 aliphatic rings. The SMILES string of the molecule is CCCCCCCCCCCCCCCC(CC)N1CCN(C)C1CCCCCCCCCCCCCCC. The first-order chi connectivity index (χ1) is 19.2. The first-order valence-electron chi connectivity index (χ1n) is 18.7. The summed E-state index contributed by atoms with van der Waals surface area (Å²) < 4.78 is 0. The van der Waals surface area contributed by atoms with Crippen LogP contribution in [0, 0.1) is 0 Å². The molecule has 1 aliphatic heterocycles. The Bertz CT molecular complexity index is 478. The van der Waals surface area contributed by atoms with Crippen LogP contribution < -0.4 is 0 Å². The molecule has 234 valence electrons. The Morgan fingerprint density at radius 2 is 0.821 bits per heavy atom. The zero-order chi connectivity index (χ0) is 28.2. The van der Waals surface area contributed by atoms with E-state index in [0.717, 1.165) is 6.04 Å². The maximum absolute atomic E-state index is 2.90. The van der Waals surface area contributed by atoms with Crippen LogP contribution in [0.5, 0.6) is 0 Å². The lowest BCUT2D eigenvalue weighted by atomic mass is 10.0. The quantitative estimate of drug-likeness (QED) is 0.0823. The van der Waals surface area contributed by atoms with Gasteiger partial charge in [0.2, 0.25) is 0 Å². The summed E-state index contributed by atoms with van der Waals surface area (Å²) in [7, 11) is 2.38. The van der Waals surface area contributed by atoms with Gasteiger partial charge in [0, 0.05) is 19.1 Å². The minimum absolute atomic E-state index is 0.713. The summed E-state index contributed by atoms with van der Waals surface area (Å²) in [5.74, 6) is 0. The number of unbranched alkanes of at least 4 members (excludes halogenated alkanes) is 24. The van der Waals surface area contributed by atoms with Crippen LogP contribution in [0.1, 0.15) is 207 Å². The van der Waals surface area contributed by atoms with Crippen LogP contribution in [0.15, 0.2) is 0 Å². The molecule has 0 aromatic carbocycles. The Balaban J connectivity index is 2.03. The molecule has 39 heavy (non-hydrogen) atoms. The molecule has 1 fully saturated rings. The molecule has 2 nitrogen and oxygen atoms in total. The molecule has 0 saturated carbocycles. The Morgan fingerprint density at radius 3 is 1.21 bits per heavy atom. The van der Waals surface area contributed by atoms with Crippen molar-refractivity contribution in [3.63, 3.8) is 0 Å². The third kappa shape index (κ3) is 20.4. The van der Waals surface area contributed by atoms with E-state index in [1.54, 1.807) is 0 Å². The average Bonchev–Trinajstić information content (AvgIpc) is 3.31. The van der Waals surface area contributed by atoms with E-state index in [1.165, 1.54) is 199 Å². The Hall–Kier alpha value is -0.0800. The summed E-state index contributed by atoms with van der Waals surface area (Å²) >= 11 is 0. The normalized spacial score (nSPS) is 17.4. The van der Waals surface area contributed by atoms with Crippen molar-refractivity contribution in [2.45, 2.75) is 219 Å². The topological polar surface area (TPSA) is 6.48 Å². The molecule has 2 atom stereocenters. The maximum Gasteiger partial charge on any atom is 0.0623 e. The van der Waals surface area contributed by atoms with Gasteiger partial charge in [0.1, 0.15) is 0 Å². The predicted octanol–water partition coefficient (Wildman–Crippen LogP) is 12.3. The molecule has 2 unspecified atom stereocenters. The van der Waals surface area contributed by atoms with Crippen LogP contribution in [0.25, 0.3) is 0 Å². The molecular formula is C37H76N2. The van der Waals surface area contributed by atoms with Gasteiger partial charge < -0.3 is 0 Å². The smallest absolute Gasteiger partial charge is 0.0623 e. The van der Waals surface area contributed by atoms with Crippen molar-refractivity contribution in [3.8, 4) is 0 Å². The number of nitrogens with zero attached hydrogens (tertiary/aromatic N) is 2. The summed E-state index contributed by atoms with van der Waals surface area (Å²) in [6.45, 7) is 9.64. The van der Waals surface area contributed by atoms with E-state index >= 15 is 0 Å². The fraction of sp³-hybridized carbons (Fsp3) is 1.00. The lowest BCUT2D eigenvalue weighted by Gasteiger charge is -2.34. The third-order valence-corrected chi connectivity index (χ3v) is 9.75. The summed E-state index contributed by atoms with van der Waals surface area (Å²) in [6, 6.07) is 0.814. The molecule has 0 spiro atoms. The van der Waals surface area contributed by atoms with Crippen molar-refractivity contribution in [2.75, 3.05) is 20.1 Å². The van der Waals surface area contributed by atoms with E-state index in [1.807, 2.05) is 0 Å². The average molecular weight is 549 g/mol. The highest BCUT2D eigenvalue weighted by Gasteiger charge is 2.32. The lowest BCUT2D eigenvalue weighted by molar-refractivity contribution is 0.0939. The third-order valence-electron chi connectivity index (χ3n) is 9.75. The van der Waals surface area contributed by atoms with Crippen molar-refractivity contribution in [2.24, 2.45) is 0 Å². The fourth-order valence-electron chi connectivity index (χ4n) is 6.98. The first kappa shape index (κ1) is 36.9. The second kappa shape index (κ2) is 28.1. The van der Waals surface area contributed by atoms with Crippen molar-refractivity contribution in [1.29, 1.82) is 0 Å². The molecule has 0 aromatic rings. The van der Waals surface area contributed by atoms with Gasteiger partial charge in [0.25, 0.3) is 0 Å². The van der Waals surface area contributed by atoms with Gasteiger partial charge in [0.15, 0.2) is 0 Å².